The first-order valence-electron chi connectivity index (χ1n) is 7.68. The first kappa shape index (κ1) is 14.3. The van der Waals surface area contributed by atoms with Gasteiger partial charge in [-0.1, -0.05) is 103 Å². The van der Waals surface area contributed by atoms with E-state index in [1.807, 2.05) is 0 Å². The largest absolute Gasteiger partial charge is 0.0721 e. The van der Waals surface area contributed by atoms with E-state index in [0.717, 1.165) is 0 Å². The standard InChI is InChI=1S/C22H20/c1-18-12-14-19(15-13-18)16-17-22(20-8-4-2-5-9-20)21-10-6-3-7-11-21/h2-17,22H,1H3/b17-16+. The van der Waals surface area contributed by atoms with Crippen LogP contribution in [0, 0.1) is 6.92 Å². The lowest BCUT2D eigenvalue weighted by atomic mass is 9.90. The van der Waals surface area contributed by atoms with Gasteiger partial charge in [-0.05, 0) is 23.6 Å². The highest BCUT2D eigenvalue weighted by Crippen LogP contribution is 2.26. The van der Waals surface area contributed by atoms with Crippen molar-refractivity contribution in [1.29, 1.82) is 0 Å². The van der Waals surface area contributed by atoms with Crippen LogP contribution >= 0.6 is 0 Å². The van der Waals surface area contributed by atoms with Gasteiger partial charge in [0.25, 0.3) is 0 Å². The molecule has 108 valence electrons. The van der Waals surface area contributed by atoms with Crippen molar-refractivity contribution in [2.45, 2.75) is 12.8 Å². The molecule has 0 amide bonds. The summed E-state index contributed by atoms with van der Waals surface area (Å²) < 4.78 is 0. The number of benzene rings is 3. The molecule has 0 N–H and O–H groups in total. The molecule has 0 aliphatic heterocycles. The van der Waals surface area contributed by atoms with E-state index in [1.165, 1.54) is 22.3 Å². The molecule has 0 spiro atoms. The van der Waals surface area contributed by atoms with Gasteiger partial charge in [0.2, 0.25) is 0 Å². The van der Waals surface area contributed by atoms with Crippen LogP contribution in [0.5, 0.6) is 0 Å². The van der Waals surface area contributed by atoms with Crippen molar-refractivity contribution in [3.8, 4) is 0 Å². The number of aryl methyl sites for hydroxylation is 1. The lowest BCUT2D eigenvalue weighted by molar-refractivity contribution is 1.03. The average molecular weight is 284 g/mol. The van der Waals surface area contributed by atoms with E-state index in [2.05, 4.69) is 104 Å². The van der Waals surface area contributed by atoms with Crippen LogP contribution in [0.15, 0.2) is 91.0 Å². The van der Waals surface area contributed by atoms with Gasteiger partial charge >= 0.3 is 0 Å². The van der Waals surface area contributed by atoms with Gasteiger partial charge in [0.1, 0.15) is 0 Å². The maximum atomic E-state index is 2.29. The lowest BCUT2D eigenvalue weighted by Crippen LogP contribution is -1.97. The molecule has 0 radical (unpaired) electrons. The van der Waals surface area contributed by atoms with Gasteiger partial charge in [-0.25, -0.2) is 0 Å². The molecule has 0 unspecified atom stereocenters. The van der Waals surface area contributed by atoms with Crippen molar-refractivity contribution in [3.63, 3.8) is 0 Å². The van der Waals surface area contributed by atoms with Crippen molar-refractivity contribution in [3.05, 3.63) is 113 Å². The molecule has 0 heteroatoms. The summed E-state index contributed by atoms with van der Waals surface area (Å²) in [5.74, 6) is 0.281. The van der Waals surface area contributed by atoms with Gasteiger partial charge in [-0.15, -0.1) is 0 Å². The van der Waals surface area contributed by atoms with E-state index < -0.39 is 0 Å². The molecule has 0 aliphatic carbocycles. The number of hydrogen-bond acceptors (Lipinski definition) is 0. The topological polar surface area (TPSA) is 0 Å². The van der Waals surface area contributed by atoms with Crippen molar-refractivity contribution < 1.29 is 0 Å². The van der Waals surface area contributed by atoms with Gasteiger partial charge in [-0.3, -0.25) is 0 Å². The molecule has 3 aromatic carbocycles. The summed E-state index contributed by atoms with van der Waals surface area (Å²) in [5.41, 5.74) is 5.16. The van der Waals surface area contributed by atoms with Crippen LogP contribution in [0.4, 0.5) is 0 Å². The molecule has 0 saturated heterocycles. The molecule has 22 heavy (non-hydrogen) atoms. The Morgan fingerprint density at radius 1 is 0.636 bits per heavy atom. The van der Waals surface area contributed by atoms with Gasteiger partial charge in [0.15, 0.2) is 0 Å². The number of rotatable bonds is 4. The second-order valence-electron chi connectivity index (χ2n) is 5.57. The molecular weight excluding hydrogens is 264 g/mol. The Morgan fingerprint density at radius 3 is 1.64 bits per heavy atom. The summed E-state index contributed by atoms with van der Waals surface area (Å²) in [7, 11) is 0. The van der Waals surface area contributed by atoms with Crippen LogP contribution < -0.4 is 0 Å². The Balaban J connectivity index is 1.94. The highest BCUT2D eigenvalue weighted by molar-refractivity contribution is 5.53. The smallest absolute Gasteiger partial charge is 0.0272 e. The quantitative estimate of drug-likeness (QED) is 0.564. The van der Waals surface area contributed by atoms with Crippen LogP contribution in [0.1, 0.15) is 28.2 Å². The Labute approximate surface area is 132 Å². The summed E-state index contributed by atoms with van der Waals surface area (Å²) in [6.07, 6.45) is 4.50. The first-order valence-corrected chi connectivity index (χ1v) is 7.68. The third kappa shape index (κ3) is 3.53. The molecule has 0 heterocycles. The summed E-state index contributed by atoms with van der Waals surface area (Å²) >= 11 is 0. The van der Waals surface area contributed by atoms with E-state index in [4.69, 9.17) is 0 Å². The van der Waals surface area contributed by atoms with E-state index in [9.17, 15) is 0 Å². The molecule has 0 atom stereocenters. The first-order chi connectivity index (χ1) is 10.8. The molecule has 0 aliphatic rings. The predicted octanol–water partition coefficient (Wildman–Crippen LogP) is 5.84. The SMILES string of the molecule is Cc1ccc(/C=C/C(c2ccccc2)c2ccccc2)cc1. The zero-order valence-electron chi connectivity index (χ0n) is 12.8. The van der Waals surface area contributed by atoms with E-state index in [-0.39, 0.29) is 5.92 Å². The highest BCUT2D eigenvalue weighted by Gasteiger charge is 2.09. The molecule has 0 aromatic heterocycles. The molecule has 0 nitrogen and oxygen atoms in total. The van der Waals surface area contributed by atoms with E-state index in [1.54, 1.807) is 0 Å². The third-order valence-electron chi connectivity index (χ3n) is 3.88. The Morgan fingerprint density at radius 2 is 1.14 bits per heavy atom. The van der Waals surface area contributed by atoms with Crippen LogP contribution in [0.2, 0.25) is 0 Å². The number of hydrogen-bond donors (Lipinski definition) is 0. The second-order valence-corrected chi connectivity index (χ2v) is 5.57. The highest BCUT2D eigenvalue weighted by atomic mass is 14.1. The third-order valence-corrected chi connectivity index (χ3v) is 3.88. The average Bonchev–Trinajstić information content (AvgIpc) is 2.59. The van der Waals surface area contributed by atoms with Crippen LogP contribution in [0.3, 0.4) is 0 Å². The summed E-state index contributed by atoms with van der Waals surface area (Å²) in [6, 6.07) is 29.9. The minimum atomic E-state index is 0.281. The van der Waals surface area contributed by atoms with E-state index in [0.29, 0.717) is 0 Å². The summed E-state index contributed by atoms with van der Waals surface area (Å²) in [5, 5.41) is 0. The van der Waals surface area contributed by atoms with Gasteiger partial charge in [0.05, 0.1) is 0 Å². The fourth-order valence-electron chi connectivity index (χ4n) is 2.62. The van der Waals surface area contributed by atoms with Crippen molar-refractivity contribution in [1.82, 2.24) is 0 Å². The molecule has 3 rings (SSSR count). The lowest BCUT2D eigenvalue weighted by Gasteiger charge is -2.14. The molecule has 0 saturated carbocycles. The molecule has 3 aromatic rings. The number of allylic oxidation sites excluding steroid dienone is 1. The van der Waals surface area contributed by atoms with Gasteiger partial charge in [-0.2, -0.15) is 0 Å². The summed E-state index contributed by atoms with van der Waals surface area (Å²) in [6.45, 7) is 2.12. The minimum Gasteiger partial charge on any atom is -0.0721 e. The van der Waals surface area contributed by atoms with Gasteiger partial charge < -0.3 is 0 Å². The fourth-order valence-corrected chi connectivity index (χ4v) is 2.62. The Bertz CT molecular complexity index is 683. The Hall–Kier alpha value is -2.60. The fraction of sp³-hybridized carbons (Fsp3) is 0.0909. The Kier molecular flexibility index (Phi) is 4.50. The van der Waals surface area contributed by atoms with Crippen molar-refractivity contribution in [2.24, 2.45) is 0 Å². The summed E-state index contributed by atoms with van der Waals surface area (Å²) in [4.78, 5) is 0. The van der Waals surface area contributed by atoms with E-state index >= 15 is 0 Å². The minimum absolute atomic E-state index is 0.281. The second kappa shape index (κ2) is 6.91. The van der Waals surface area contributed by atoms with Crippen molar-refractivity contribution in [2.75, 3.05) is 0 Å². The molecule has 0 fully saturated rings. The van der Waals surface area contributed by atoms with Gasteiger partial charge in [0, 0.05) is 5.92 Å². The zero-order chi connectivity index (χ0) is 15.2. The monoisotopic (exact) mass is 284 g/mol. The zero-order valence-corrected chi connectivity index (χ0v) is 12.8. The predicted molar refractivity (Wildman–Crippen MR) is 94.9 cm³/mol. The van der Waals surface area contributed by atoms with Crippen LogP contribution in [0.25, 0.3) is 6.08 Å². The molecule has 0 bridgehead atoms. The normalized spacial score (nSPS) is 11.2. The maximum Gasteiger partial charge on any atom is 0.0272 e. The molecular formula is C22H20. The van der Waals surface area contributed by atoms with Crippen LogP contribution in [-0.2, 0) is 0 Å². The van der Waals surface area contributed by atoms with Crippen LogP contribution in [-0.4, -0.2) is 0 Å². The van der Waals surface area contributed by atoms with Crippen molar-refractivity contribution >= 4 is 6.08 Å². The maximum absolute atomic E-state index is 2.29.